The number of rotatable bonds is 8. The molecule has 2 aromatic carbocycles. The second-order valence-electron chi connectivity index (χ2n) is 6.79. The molecule has 1 N–H and O–H groups in total. The summed E-state index contributed by atoms with van der Waals surface area (Å²) in [6, 6.07) is 11.2. The Labute approximate surface area is 177 Å². The molecule has 1 atom stereocenters. The molecule has 1 aliphatic rings. The number of anilines is 1. The predicted octanol–water partition coefficient (Wildman–Crippen LogP) is 3.66. The van der Waals surface area contributed by atoms with Gasteiger partial charge in [-0.2, -0.15) is 8.78 Å². The minimum Gasteiger partial charge on any atom is -0.495 e. The van der Waals surface area contributed by atoms with Crippen LogP contribution in [0.25, 0.3) is 0 Å². The van der Waals surface area contributed by atoms with E-state index in [1.165, 1.54) is 24.1 Å². The number of nitrogens with zero attached hydrogens (tertiary/aromatic N) is 1. The minimum atomic E-state index is -2.87. The van der Waals surface area contributed by atoms with Crippen LogP contribution in [-0.2, 0) is 16.0 Å². The number of halogens is 3. The van der Waals surface area contributed by atoms with Crippen LogP contribution in [0.2, 0.25) is 5.02 Å². The highest BCUT2D eigenvalue weighted by atomic mass is 35.5. The Morgan fingerprint density at radius 1 is 1.27 bits per heavy atom. The van der Waals surface area contributed by atoms with Crippen molar-refractivity contribution in [3.8, 4) is 11.5 Å². The van der Waals surface area contributed by atoms with Gasteiger partial charge in [0.25, 0.3) is 0 Å². The summed E-state index contributed by atoms with van der Waals surface area (Å²) < 4.78 is 34.0. The number of nitrogens with one attached hydrogen (secondary N) is 1. The van der Waals surface area contributed by atoms with Crippen molar-refractivity contribution in [1.29, 1.82) is 0 Å². The maximum atomic E-state index is 12.5. The highest BCUT2D eigenvalue weighted by molar-refractivity contribution is 6.31. The summed E-state index contributed by atoms with van der Waals surface area (Å²) in [7, 11) is 1.50. The topological polar surface area (TPSA) is 67.9 Å². The average molecular weight is 439 g/mol. The molecule has 2 aromatic rings. The average Bonchev–Trinajstić information content (AvgIpc) is 3.10. The van der Waals surface area contributed by atoms with E-state index in [-0.39, 0.29) is 30.5 Å². The number of carbonyl (C=O) groups is 2. The molecule has 6 nitrogen and oxygen atoms in total. The van der Waals surface area contributed by atoms with E-state index >= 15 is 0 Å². The summed E-state index contributed by atoms with van der Waals surface area (Å²) in [5.41, 5.74) is 1.40. The molecule has 1 saturated heterocycles. The van der Waals surface area contributed by atoms with Crippen LogP contribution in [0.5, 0.6) is 11.5 Å². The lowest BCUT2D eigenvalue weighted by molar-refractivity contribution is -0.126. The van der Waals surface area contributed by atoms with Crippen molar-refractivity contribution in [2.45, 2.75) is 19.5 Å². The lowest BCUT2D eigenvalue weighted by Crippen LogP contribution is -2.34. The lowest BCUT2D eigenvalue weighted by Gasteiger charge is -2.20. The largest absolute Gasteiger partial charge is 0.495 e. The van der Waals surface area contributed by atoms with Gasteiger partial charge >= 0.3 is 6.61 Å². The quantitative estimate of drug-likeness (QED) is 0.683. The first kappa shape index (κ1) is 21.8. The zero-order chi connectivity index (χ0) is 21.7. The zero-order valence-corrected chi connectivity index (χ0v) is 17.0. The van der Waals surface area contributed by atoms with Gasteiger partial charge in [-0.15, -0.1) is 0 Å². The summed E-state index contributed by atoms with van der Waals surface area (Å²) in [6.45, 7) is -2.27. The van der Waals surface area contributed by atoms with Gasteiger partial charge in [0.05, 0.1) is 18.7 Å². The fraction of sp³-hybridized carbons (Fsp3) is 0.333. The van der Waals surface area contributed by atoms with Gasteiger partial charge in [-0.3, -0.25) is 9.59 Å². The van der Waals surface area contributed by atoms with Crippen LogP contribution in [-0.4, -0.2) is 38.6 Å². The molecule has 3 rings (SSSR count). The third-order valence-electron chi connectivity index (χ3n) is 4.79. The molecule has 160 valence electrons. The van der Waals surface area contributed by atoms with Gasteiger partial charge in [0.2, 0.25) is 11.8 Å². The fourth-order valence-corrected chi connectivity index (χ4v) is 3.47. The Kier molecular flexibility index (Phi) is 7.10. The number of carbonyl (C=O) groups excluding carboxylic acids is 2. The third kappa shape index (κ3) is 5.38. The Morgan fingerprint density at radius 3 is 2.67 bits per heavy atom. The van der Waals surface area contributed by atoms with Crippen molar-refractivity contribution >= 4 is 29.1 Å². The van der Waals surface area contributed by atoms with E-state index in [1.807, 2.05) is 0 Å². The number of hydrogen-bond acceptors (Lipinski definition) is 4. The molecule has 0 radical (unpaired) electrons. The SMILES string of the molecule is COc1ccc(Cl)cc1N1CC(C(=O)NCCc2ccc(OC(F)F)cc2)CC1=O. The molecule has 1 fully saturated rings. The summed E-state index contributed by atoms with van der Waals surface area (Å²) in [5.74, 6) is -0.287. The number of benzene rings is 2. The highest BCUT2D eigenvalue weighted by Gasteiger charge is 2.36. The Bertz CT molecular complexity index is 908. The van der Waals surface area contributed by atoms with Gasteiger partial charge in [0.1, 0.15) is 11.5 Å². The van der Waals surface area contributed by atoms with Crippen molar-refractivity contribution in [2.24, 2.45) is 5.92 Å². The van der Waals surface area contributed by atoms with Crippen LogP contribution in [0.4, 0.5) is 14.5 Å². The fourth-order valence-electron chi connectivity index (χ4n) is 3.30. The highest BCUT2D eigenvalue weighted by Crippen LogP contribution is 2.35. The van der Waals surface area contributed by atoms with Crippen molar-refractivity contribution in [1.82, 2.24) is 5.32 Å². The lowest BCUT2D eigenvalue weighted by atomic mass is 10.1. The second kappa shape index (κ2) is 9.75. The maximum Gasteiger partial charge on any atom is 0.387 e. The number of hydrogen-bond donors (Lipinski definition) is 1. The Hall–Kier alpha value is -2.87. The van der Waals surface area contributed by atoms with Crippen molar-refractivity contribution < 1.29 is 27.8 Å². The first-order valence-corrected chi connectivity index (χ1v) is 9.70. The van der Waals surface area contributed by atoms with Gasteiger partial charge < -0.3 is 19.7 Å². The summed E-state index contributed by atoms with van der Waals surface area (Å²) >= 11 is 6.04. The number of alkyl halides is 2. The standard InChI is InChI=1S/C21H21ClF2N2O4/c1-29-18-7-4-15(22)11-17(18)26-12-14(10-19(26)27)20(28)25-9-8-13-2-5-16(6-3-13)30-21(23)24/h2-7,11,14,21H,8-10,12H2,1H3,(H,25,28). The van der Waals surface area contributed by atoms with Crippen LogP contribution in [0, 0.1) is 5.92 Å². The van der Waals surface area contributed by atoms with Crippen LogP contribution < -0.4 is 19.7 Å². The normalized spacial score (nSPS) is 16.1. The first-order valence-electron chi connectivity index (χ1n) is 9.32. The molecule has 1 aliphatic heterocycles. The number of ether oxygens (including phenoxy) is 2. The molecule has 2 amide bonds. The van der Waals surface area contributed by atoms with E-state index in [0.717, 1.165) is 5.56 Å². The summed E-state index contributed by atoms with van der Waals surface area (Å²) in [6.07, 6.45) is 0.619. The van der Waals surface area contributed by atoms with E-state index in [9.17, 15) is 18.4 Å². The van der Waals surface area contributed by atoms with E-state index in [0.29, 0.717) is 29.4 Å². The molecule has 30 heavy (non-hydrogen) atoms. The van der Waals surface area contributed by atoms with Gasteiger partial charge in [0, 0.05) is 24.5 Å². The van der Waals surface area contributed by atoms with Gasteiger partial charge in [0.15, 0.2) is 0 Å². The smallest absolute Gasteiger partial charge is 0.387 e. The third-order valence-corrected chi connectivity index (χ3v) is 5.02. The van der Waals surface area contributed by atoms with Crippen LogP contribution in [0.1, 0.15) is 12.0 Å². The molecular weight excluding hydrogens is 418 g/mol. The number of methoxy groups -OCH3 is 1. The van der Waals surface area contributed by atoms with Crippen molar-refractivity contribution in [2.75, 3.05) is 25.1 Å². The Morgan fingerprint density at radius 2 is 2.00 bits per heavy atom. The predicted molar refractivity (Wildman–Crippen MR) is 108 cm³/mol. The van der Waals surface area contributed by atoms with E-state index in [2.05, 4.69) is 10.1 Å². The first-order chi connectivity index (χ1) is 14.4. The molecule has 0 aromatic heterocycles. The maximum absolute atomic E-state index is 12.5. The van der Waals surface area contributed by atoms with Crippen LogP contribution >= 0.6 is 11.6 Å². The molecule has 0 bridgehead atoms. The van der Waals surface area contributed by atoms with E-state index in [1.54, 1.807) is 30.3 Å². The van der Waals surface area contributed by atoms with Crippen molar-refractivity contribution in [3.05, 3.63) is 53.1 Å². The molecule has 1 unspecified atom stereocenters. The molecule has 0 spiro atoms. The second-order valence-corrected chi connectivity index (χ2v) is 7.22. The van der Waals surface area contributed by atoms with E-state index < -0.39 is 12.5 Å². The van der Waals surface area contributed by atoms with Gasteiger partial charge in [-0.1, -0.05) is 23.7 Å². The molecule has 9 heteroatoms. The molecule has 0 aliphatic carbocycles. The zero-order valence-electron chi connectivity index (χ0n) is 16.2. The van der Waals surface area contributed by atoms with Crippen LogP contribution in [0.15, 0.2) is 42.5 Å². The molecule has 1 heterocycles. The number of amides is 2. The van der Waals surface area contributed by atoms with Gasteiger partial charge in [-0.25, -0.2) is 0 Å². The van der Waals surface area contributed by atoms with Crippen LogP contribution in [0.3, 0.4) is 0 Å². The molecular formula is C21H21ClF2N2O4. The summed E-state index contributed by atoms with van der Waals surface area (Å²) in [5, 5.41) is 3.30. The Balaban J connectivity index is 1.53. The van der Waals surface area contributed by atoms with Crippen molar-refractivity contribution in [3.63, 3.8) is 0 Å². The van der Waals surface area contributed by atoms with Gasteiger partial charge in [-0.05, 0) is 42.3 Å². The minimum absolute atomic E-state index is 0.0822. The monoisotopic (exact) mass is 438 g/mol. The summed E-state index contributed by atoms with van der Waals surface area (Å²) in [4.78, 5) is 26.5. The molecule has 0 saturated carbocycles. The van der Waals surface area contributed by atoms with E-state index in [4.69, 9.17) is 16.3 Å².